The molecule has 33 heavy (non-hydrogen) atoms. The average Bonchev–Trinajstić information content (AvgIpc) is 3.37. The van der Waals surface area contributed by atoms with Crippen LogP contribution >= 0.6 is 11.6 Å². The summed E-state index contributed by atoms with van der Waals surface area (Å²) in [6.45, 7) is 5.49. The van der Waals surface area contributed by atoms with Crippen LogP contribution in [0.5, 0.6) is 0 Å². The minimum Gasteiger partial charge on any atom is -0.381 e. The highest BCUT2D eigenvalue weighted by Crippen LogP contribution is 2.50. The topological polar surface area (TPSA) is 111 Å². The largest absolute Gasteiger partial charge is 0.381 e. The molecule has 2 aromatic heterocycles. The normalized spacial score (nSPS) is 18.5. The number of nitrogen functional groups attached to an aromatic ring is 1. The number of benzene rings is 1. The van der Waals surface area contributed by atoms with Gasteiger partial charge in [-0.05, 0) is 44.4 Å². The lowest BCUT2D eigenvalue weighted by molar-refractivity contribution is 0.0558. The number of rotatable bonds is 2. The maximum atomic E-state index is 10.8. The van der Waals surface area contributed by atoms with Crippen LogP contribution in [0.3, 0.4) is 0 Å². The van der Waals surface area contributed by atoms with E-state index in [1.54, 1.807) is 19.9 Å². The SMILES string of the molecule is Cc1cc(C(C)(O)C#Cc2ccc3c(c2)N(c2nc(N)ncc2Cl)CC32CCOCC2)no1. The van der Waals surface area contributed by atoms with Crippen molar-refractivity contribution in [2.75, 3.05) is 30.4 Å². The molecule has 1 fully saturated rings. The van der Waals surface area contributed by atoms with Gasteiger partial charge < -0.3 is 25.0 Å². The third-order valence-electron chi connectivity index (χ3n) is 6.35. The third kappa shape index (κ3) is 3.93. The Morgan fingerprint density at radius 1 is 1.27 bits per heavy atom. The van der Waals surface area contributed by atoms with E-state index in [0.29, 0.717) is 42.1 Å². The zero-order chi connectivity index (χ0) is 23.2. The molecule has 1 saturated heterocycles. The van der Waals surface area contributed by atoms with Gasteiger partial charge in [0.2, 0.25) is 5.95 Å². The van der Waals surface area contributed by atoms with E-state index in [2.05, 4.69) is 37.9 Å². The molecule has 1 aromatic carbocycles. The molecule has 1 spiro atoms. The van der Waals surface area contributed by atoms with Gasteiger partial charge in [0.15, 0.2) is 11.4 Å². The lowest BCUT2D eigenvalue weighted by Gasteiger charge is -2.34. The van der Waals surface area contributed by atoms with Crippen molar-refractivity contribution in [2.24, 2.45) is 0 Å². The molecule has 1 atom stereocenters. The summed E-state index contributed by atoms with van der Waals surface area (Å²) in [5.74, 6) is 7.36. The van der Waals surface area contributed by atoms with Gasteiger partial charge in [0, 0.05) is 42.5 Å². The molecule has 0 aliphatic carbocycles. The molecule has 2 aliphatic rings. The van der Waals surface area contributed by atoms with Crippen LogP contribution in [0.25, 0.3) is 0 Å². The van der Waals surface area contributed by atoms with Gasteiger partial charge in [-0.2, -0.15) is 4.98 Å². The monoisotopic (exact) mass is 465 g/mol. The Morgan fingerprint density at radius 2 is 2.06 bits per heavy atom. The van der Waals surface area contributed by atoms with Crippen molar-refractivity contribution in [3.63, 3.8) is 0 Å². The van der Waals surface area contributed by atoms with Crippen molar-refractivity contribution in [3.8, 4) is 11.8 Å². The zero-order valence-corrected chi connectivity index (χ0v) is 19.2. The summed E-state index contributed by atoms with van der Waals surface area (Å²) in [7, 11) is 0. The summed E-state index contributed by atoms with van der Waals surface area (Å²) in [5, 5.41) is 15.1. The first-order valence-corrected chi connectivity index (χ1v) is 11.1. The molecule has 9 heteroatoms. The van der Waals surface area contributed by atoms with E-state index in [-0.39, 0.29) is 11.4 Å². The Bertz CT molecular complexity index is 1270. The molecule has 0 radical (unpaired) electrons. The number of hydrogen-bond donors (Lipinski definition) is 2. The molecule has 5 rings (SSSR count). The first-order chi connectivity index (χ1) is 15.8. The van der Waals surface area contributed by atoms with E-state index < -0.39 is 5.60 Å². The fourth-order valence-electron chi connectivity index (χ4n) is 4.55. The lowest BCUT2D eigenvalue weighted by Crippen LogP contribution is -2.37. The Morgan fingerprint density at radius 3 is 2.79 bits per heavy atom. The van der Waals surface area contributed by atoms with Gasteiger partial charge in [-0.25, -0.2) is 4.98 Å². The van der Waals surface area contributed by atoms with Crippen LogP contribution in [0.15, 0.2) is 35.0 Å². The van der Waals surface area contributed by atoms with E-state index >= 15 is 0 Å². The molecule has 0 amide bonds. The molecule has 170 valence electrons. The summed E-state index contributed by atoms with van der Waals surface area (Å²) < 4.78 is 10.7. The van der Waals surface area contributed by atoms with E-state index in [1.165, 1.54) is 11.8 Å². The Hall–Kier alpha value is -3.12. The number of aliphatic hydroxyl groups is 1. The van der Waals surface area contributed by atoms with E-state index in [9.17, 15) is 5.11 Å². The average molecular weight is 466 g/mol. The van der Waals surface area contributed by atoms with Crippen LogP contribution in [-0.2, 0) is 15.8 Å². The molecule has 0 saturated carbocycles. The van der Waals surface area contributed by atoms with Gasteiger partial charge >= 0.3 is 0 Å². The first-order valence-electron chi connectivity index (χ1n) is 10.7. The van der Waals surface area contributed by atoms with Gasteiger partial charge in [-0.3, -0.25) is 0 Å². The highest BCUT2D eigenvalue weighted by atomic mass is 35.5. The fraction of sp³-hybridized carbons (Fsp3) is 0.375. The molecule has 8 nitrogen and oxygen atoms in total. The minimum atomic E-state index is -1.44. The number of hydrogen-bond acceptors (Lipinski definition) is 8. The van der Waals surface area contributed by atoms with Gasteiger partial charge in [-0.15, -0.1) is 0 Å². The van der Waals surface area contributed by atoms with Crippen molar-refractivity contribution in [3.05, 3.63) is 58.1 Å². The number of halogens is 1. The van der Waals surface area contributed by atoms with Crippen LogP contribution in [0.2, 0.25) is 5.02 Å². The predicted molar refractivity (Wildman–Crippen MR) is 124 cm³/mol. The quantitative estimate of drug-likeness (QED) is 0.553. The van der Waals surface area contributed by atoms with Crippen LogP contribution in [-0.4, -0.2) is 40.0 Å². The summed E-state index contributed by atoms with van der Waals surface area (Å²) in [6, 6.07) is 7.77. The summed E-state index contributed by atoms with van der Waals surface area (Å²) in [5.41, 5.74) is 7.68. The predicted octanol–water partition coefficient (Wildman–Crippen LogP) is 3.47. The minimum absolute atomic E-state index is 0.0632. The van der Waals surface area contributed by atoms with Gasteiger partial charge in [0.05, 0.1) is 6.20 Å². The number of ether oxygens (including phenoxy) is 1. The molecule has 4 heterocycles. The second-order valence-corrected chi connectivity index (χ2v) is 9.16. The van der Waals surface area contributed by atoms with Crippen molar-refractivity contribution >= 4 is 29.1 Å². The van der Waals surface area contributed by atoms with E-state index in [0.717, 1.165) is 24.1 Å². The van der Waals surface area contributed by atoms with E-state index in [1.807, 2.05) is 12.1 Å². The second kappa shape index (κ2) is 8.03. The van der Waals surface area contributed by atoms with Crippen molar-refractivity contribution in [2.45, 2.75) is 37.7 Å². The summed E-state index contributed by atoms with van der Waals surface area (Å²) in [6.07, 6.45) is 3.33. The fourth-order valence-corrected chi connectivity index (χ4v) is 4.74. The van der Waals surface area contributed by atoms with Gasteiger partial charge in [0.25, 0.3) is 0 Å². The molecular weight excluding hydrogens is 442 g/mol. The van der Waals surface area contributed by atoms with E-state index in [4.69, 9.17) is 26.6 Å². The van der Waals surface area contributed by atoms with Crippen molar-refractivity contribution in [1.29, 1.82) is 0 Å². The molecule has 2 aliphatic heterocycles. The first kappa shape index (κ1) is 21.7. The number of nitrogens with zero attached hydrogens (tertiary/aromatic N) is 4. The number of fused-ring (bicyclic) bond motifs is 2. The molecule has 3 N–H and O–H groups in total. The van der Waals surface area contributed by atoms with Crippen molar-refractivity contribution in [1.82, 2.24) is 15.1 Å². The second-order valence-electron chi connectivity index (χ2n) is 8.76. The maximum absolute atomic E-state index is 10.8. The van der Waals surface area contributed by atoms with Crippen LogP contribution in [0.4, 0.5) is 17.5 Å². The molecular formula is C24H24ClN5O3. The summed E-state index contributed by atoms with van der Waals surface area (Å²) >= 11 is 6.48. The Labute approximate surface area is 196 Å². The van der Waals surface area contributed by atoms with Crippen molar-refractivity contribution < 1.29 is 14.4 Å². The van der Waals surface area contributed by atoms with Gasteiger partial charge in [-0.1, -0.05) is 34.7 Å². The highest BCUT2D eigenvalue weighted by molar-refractivity contribution is 6.33. The molecule has 1 unspecified atom stereocenters. The Balaban J connectivity index is 1.57. The molecule has 3 aromatic rings. The van der Waals surface area contributed by atoms with Crippen LogP contribution in [0, 0.1) is 18.8 Å². The lowest BCUT2D eigenvalue weighted by atomic mass is 9.76. The number of aryl methyl sites for hydroxylation is 1. The van der Waals surface area contributed by atoms with Gasteiger partial charge in [0.1, 0.15) is 16.5 Å². The standard InChI is InChI=1S/C24H24ClN5O3/c1-15-11-20(29-33-15)23(2,31)6-5-16-3-4-17-19(12-16)30(14-24(17)7-9-32-10-8-24)21-18(25)13-27-22(26)28-21/h3-4,11-13,31H,7-10,14H2,1-2H3,(H2,26,27,28). The van der Waals surface area contributed by atoms with Crippen LogP contribution in [0.1, 0.15) is 42.3 Å². The highest BCUT2D eigenvalue weighted by Gasteiger charge is 2.45. The Kier molecular flexibility index (Phi) is 5.28. The third-order valence-corrected chi connectivity index (χ3v) is 6.61. The maximum Gasteiger partial charge on any atom is 0.222 e. The zero-order valence-electron chi connectivity index (χ0n) is 18.4. The smallest absolute Gasteiger partial charge is 0.222 e. The molecule has 0 bridgehead atoms. The number of anilines is 3. The summed E-state index contributed by atoms with van der Waals surface area (Å²) in [4.78, 5) is 10.5. The van der Waals surface area contributed by atoms with Crippen LogP contribution < -0.4 is 10.6 Å². The number of nitrogens with two attached hydrogens (primary N) is 1. The number of aromatic nitrogens is 3.